The number of sulfonamides is 1. The molecule has 1 saturated heterocycles. The van der Waals surface area contributed by atoms with Crippen LogP contribution in [-0.4, -0.2) is 73.7 Å². The molecule has 0 N–H and O–H groups in total. The van der Waals surface area contributed by atoms with E-state index < -0.39 is 10.0 Å². The van der Waals surface area contributed by atoms with Gasteiger partial charge in [0.25, 0.3) is 0 Å². The molecular weight excluding hydrogens is 410 g/mol. The number of hydrogen-bond acceptors (Lipinski definition) is 4. The van der Waals surface area contributed by atoms with Crippen LogP contribution in [0, 0.1) is 26.7 Å². The number of amides is 1. The summed E-state index contributed by atoms with van der Waals surface area (Å²) in [6.45, 7) is 13.6. The van der Waals surface area contributed by atoms with Gasteiger partial charge in [0, 0.05) is 51.2 Å². The molecule has 6 nitrogen and oxygen atoms in total. The first kappa shape index (κ1) is 24.2. The Labute approximate surface area is 188 Å². The van der Waals surface area contributed by atoms with Crippen LogP contribution in [0.3, 0.4) is 0 Å². The number of aryl methyl sites for hydroxylation is 3. The van der Waals surface area contributed by atoms with E-state index in [1.165, 1.54) is 0 Å². The molecule has 0 unspecified atom stereocenters. The second kappa shape index (κ2) is 9.59. The maximum atomic E-state index is 13.4. The average molecular weight is 450 g/mol. The SMILES string of the molecule is Cc1cc(C)c(S(=O)(=O)N(C)[C@H]2CC[C@H](C(=O)N3CCN(C(C)C)CC3)CC2)c(C)c1. The van der Waals surface area contributed by atoms with Crippen LogP contribution < -0.4 is 0 Å². The molecule has 1 amide bonds. The number of carbonyl (C=O) groups is 1. The molecule has 174 valence electrons. The van der Waals surface area contributed by atoms with Crippen LogP contribution in [0.15, 0.2) is 17.0 Å². The fourth-order valence-electron chi connectivity index (χ4n) is 5.32. The molecule has 0 spiro atoms. The van der Waals surface area contributed by atoms with Crippen molar-refractivity contribution in [3.05, 3.63) is 28.8 Å². The molecule has 1 heterocycles. The lowest BCUT2D eigenvalue weighted by Gasteiger charge is -2.40. The molecular formula is C24H39N3O3S. The zero-order valence-corrected chi connectivity index (χ0v) is 20.8. The zero-order chi connectivity index (χ0) is 22.9. The first-order valence-electron chi connectivity index (χ1n) is 11.6. The summed E-state index contributed by atoms with van der Waals surface area (Å²) in [5, 5.41) is 0. The smallest absolute Gasteiger partial charge is 0.243 e. The van der Waals surface area contributed by atoms with E-state index in [1.807, 2.05) is 37.8 Å². The number of nitrogens with zero attached hydrogens (tertiary/aromatic N) is 3. The van der Waals surface area contributed by atoms with Crippen molar-refractivity contribution >= 4 is 15.9 Å². The molecule has 2 fully saturated rings. The quantitative estimate of drug-likeness (QED) is 0.692. The molecule has 1 aromatic rings. The minimum absolute atomic E-state index is 0.0285. The first-order chi connectivity index (χ1) is 14.5. The molecule has 7 heteroatoms. The average Bonchev–Trinajstić information content (AvgIpc) is 2.72. The van der Waals surface area contributed by atoms with Crippen molar-refractivity contribution in [3.63, 3.8) is 0 Å². The van der Waals surface area contributed by atoms with Gasteiger partial charge in [-0.25, -0.2) is 8.42 Å². The molecule has 0 aromatic heterocycles. The summed E-state index contributed by atoms with van der Waals surface area (Å²) < 4.78 is 28.3. The van der Waals surface area contributed by atoms with Crippen LogP contribution in [0.2, 0.25) is 0 Å². The largest absolute Gasteiger partial charge is 0.340 e. The van der Waals surface area contributed by atoms with Crippen molar-refractivity contribution in [2.24, 2.45) is 5.92 Å². The van der Waals surface area contributed by atoms with Crippen molar-refractivity contribution < 1.29 is 13.2 Å². The van der Waals surface area contributed by atoms with Gasteiger partial charge in [-0.15, -0.1) is 0 Å². The van der Waals surface area contributed by atoms with E-state index in [0.29, 0.717) is 10.9 Å². The maximum Gasteiger partial charge on any atom is 0.243 e. The number of rotatable bonds is 5. The van der Waals surface area contributed by atoms with Crippen molar-refractivity contribution in [2.45, 2.75) is 77.3 Å². The highest BCUT2D eigenvalue weighted by molar-refractivity contribution is 7.89. The Hall–Kier alpha value is -1.44. The summed E-state index contributed by atoms with van der Waals surface area (Å²) in [4.78, 5) is 17.9. The summed E-state index contributed by atoms with van der Waals surface area (Å²) in [5.74, 6) is 0.290. The number of carbonyl (C=O) groups excluding carboxylic acids is 1. The second-order valence-corrected chi connectivity index (χ2v) is 11.6. The summed E-state index contributed by atoms with van der Waals surface area (Å²) >= 11 is 0. The highest BCUT2D eigenvalue weighted by atomic mass is 32.2. The molecule has 1 aromatic carbocycles. The van der Waals surface area contributed by atoms with Gasteiger partial charge in [-0.3, -0.25) is 9.69 Å². The van der Waals surface area contributed by atoms with Gasteiger partial charge in [-0.2, -0.15) is 4.31 Å². The first-order valence-corrected chi connectivity index (χ1v) is 13.0. The summed E-state index contributed by atoms with van der Waals surface area (Å²) in [5.41, 5.74) is 2.67. The minimum atomic E-state index is -3.56. The molecule has 2 aliphatic rings. The fraction of sp³-hybridized carbons (Fsp3) is 0.708. The van der Waals surface area contributed by atoms with Crippen molar-refractivity contribution in [2.75, 3.05) is 33.2 Å². The van der Waals surface area contributed by atoms with Gasteiger partial charge in [0.15, 0.2) is 0 Å². The molecule has 1 saturated carbocycles. The topological polar surface area (TPSA) is 60.9 Å². The summed E-state index contributed by atoms with van der Waals surface area (Å²) in [6.07, 6.45) is 3.00. The van der Waals surface area contributed by atoms with E-state index in [4.69, 9.17) is 0 Å². The fourth-order valence-corrected chi connectivity index (χ4v) is 7.14. The number of benzene rings is 1. The molecule has 3 rings (SSSR count). The predicted molar refractivity (Wildman–Crippen MR) is 125 cm³/mol. The number of piperazine rings is 1. The van der Waals surface area contributed by atoms with E-state index in [2.05, 4.69) is 18.7 Å². The van der Waals surface area contributed by atoms with Gasteiger partial charge < -0.3 is 4.90 Å². The Kier molecular flexibility index (Phi) is 7.49. The lowest BCUT2D eigenvalue weighted by Crippen LogP contribution is -2.52. The van der Waals surface area contributed by atoms with Gasteiger partial charge in [-0.1, -0.05) is 17.7 Å². The molecule has 1 aliphatic heterocycles. The monoisotopic (exact) mass is 449 g/mol. The third-order valence-corrected chi connectivity index (χ3v) is 9.37. The number of hydrogen-bond donors (Lipinski definition) is 0. The van der Waals surface area contributed by atoms with Crippen LogP contribution in [0.1, 0.15) is 56.2 Å². The summed E-state index contributed by atoms with van der Waals surface area (Å²) in [6, 6.07) is 4.34. The van der Waals surface area contributed by atoms with Gasteiger partial charge >= 0.3 is 0 Å². The Balaban J connectivity index is 1.61. The highest BCUT2D eigenvalue weighted by Gasteiger charge is 2.36. The zero-order valence-electron chi connectivity index (χ0n) is 20.0. The predicted octanol–water partition coefficient (Wildman–Crippen LogP) is 3.34. The summed E-state index contributed by atoms with van der Waals surface area (Å²) in [7, 11) is -1.86. The Bertz CT molecular complexity index is 874. The van der Waals surface area contributed by atoms with Crippen molar-refractivity contribution in [1.82, 2.24) is 14.1 Å². The van der Waals surface area contributed by atoms with Crippen LogP contribution in [0.25, 0.3) is 0 Å². The molecule has 0 bridgehead atoms. The van der Waals surface area contributed by atoms with Gasteiger partial charge in [0.2, 0.25) is 15.9 Å². The second-order valence-electron chi connectivity index (χ2n) is 9.71. The van der Waals surface area contributed by atoms with E-state index in [1.54, 1.807) is 11.4 Å². The Morgan fingerprint density at radius 2 is 1.48 bits per heavy atom. The van der Waals surface area contributed by atoms with Gasteiger partial charge in [0.1, 0.15) is 0 Å². The van der Waals surface area contributed by atoms with Crippen molar-refractivity contribution in [3.8, 4) is 0 Å². The van der Waals surface area contributed by atoms with E-state index >= 15 is 0 Å². The van der Waals surface area contributed by atoms with Crippen LogP contribution in [-0.2, 0) is 14.8 Å². The molecule has 1 aliphatic carbocycles. The minimum Gasteiger partial charge on any atom is -0.340 e. The normalized spacial score (nSPS) is 23.5. The van der Waals surface area contributed by atoms with E-state index in [9.17, 15) is 13.2 Å². The van der Waals surface area contributed by atoms with Crippen molar-refractivity contribution in [1.29, 1.82) is 0 Å². The lowest BCUT2D eigenvalue weighted by atomic mass is 9.85. The highest BCUT2D eigenvalue weighted by Crippen LogP contribution is 2.33. The van der Waals surface area contributed by atoms with Crippen LogP contribution >= 0.6 is 0 Å². The van der Waals surface area contributed by atoms with Crippen LogP contribution in [0.4, 0.5) is 0 Å². The molecule has 0 atom stereocenters. The lowest BCUT2D eigenvalue weighted by molar-refractivity contribution is -0.138. The van der Waals surface area contributed by atoms with E-state index in [0.717, 1.165) is 68.6 Å². The van der Waals surface area contributed by atoms with E-state index in [-0.39, 0.29) is 17.9 Å². The maximum absolute atomic E-state index is 13.4. The third kappa shape index (κ3) is 5.15. The van der Waals surface area contributed by atoms with Gasteiger partial charge in [0.05, 0.1) is 4.90 Å². The van der Waals surface area contributed by atoms with Gasteiger partial charge in [-0.05, 0) is 71.4 Å². The Morgan fingerprint density at radius 1 is 0.968 bits per heavy atom. The Morgan fingerprint density at radius 3 is 1.97 bits per heavy atom. The standard InChI is InChI=1S/C24H39N3O3S/c1-17(2)26-11-13-27(14-12-26)24(28)21-7-9-22(10-8-21)25(6)31(29,30)23-19(4)15-18(3)16-20(23)5/h15-17,21-22H,7-14H2,1-6H3/t21-,22-. The van der Waals surface area contributed by atoms with Crippen LogP contribution in [0.5, 0.6) is 0 Å². The molecule has 0 radical (unpaired) electrons. The molecule has 31 heavy (non-hydrogen) atoms. The third-order valence-electron chi connectivity index (χ3n) is 7.16.